The highest BCUT2D eigenvalue weighted by Crippen LogP contribution is 2.35. The predicted molar refractivity (Wildman–Crippen MR) is 95.9 cm³/mol. The molecule has 0 aliphatic carbocycles. The largest absolute Gasteiger partial charge is 0.360 e. The summed E-state index contributed by atoms with van der Waals surface area (Å²) in [5.74, 6) is 0.780. The van der Waals surface area contributed by atoms with E-state index in [9.17, 15) is 4.79 Å². The highest BCUT2D eigenvalue weighted by atomic mass is 35.5. The highest BCUT2D eigenvalue weighted by molar-refractivity contribution is 8.14. The van der Waals surface area contributed by atoms with Crippen molar-refractivity contribution in [2.75, 3.05) is 19.0 Å². The maximum atomic E-state index is 12.6. The third-order valence-corrected chi connectivity index (χ3v) is 4.70. The van der Waals surface area contributed by atoms with Crippen molar-refractivity contribution < 1.29 is 4.79 Å². The zero-order valence-corrected chi connectivity index (χ0v) is 14.6. The van der Waals surface area contributed by atoms with E-state index in [1.54, 1.807) is 28.8 Å². The van der Waals surface area contributed by atoms with E-state index in [2.05, 4.69) is 5.10 Å². The van der Waals surface area contributed by atoms with E-state index in [0.717, 1.165) is 21.8 Å². The number of rotatable bonds is 3. The number of hydrogen-bond acceptors (Lipinski definition) is 4. The number of halogens is 1. The van der Waals surface area contributed by atoms with Gasteiger partial charge in [-0.15, -0.1) is 5.10 Å². The molecule has 0 aliphatic rings. The maximum Gasteiger partial charge on any atom is 0.224 e. The van der Waals surface area contributed by atoms with Crippen LogP contribution in [0.15, 0.2) is 47.5 Å². The first-order chi connectivity index (χ1) is 11.0. The Bertz CT molecular complexity index is 871. The van der Waals surface area contributed by atoms with Crippen LogP contribution in [0.4, 0.5) is 5.82 Å². The fourth-order valence-corrected chi connectivity index (χ4v) is 3.38. The fraction of sp³-hybridized carbons (Fsp3) is 0.176. The minimum atomic E-state index is -0.0267. The van der Waals surface area contributed by atoms with Gasteiger partial charge < -0.3 is 4.90 Å². The van der Waals surface area contributed by atoms with Gasteiger partial charge in [0.2, 0.25) is 5.12 Å². The molecule has 2 aromatic heterocycles. The van der Waals surface area contributed by atoms with Gasteiger partial charge in [0.05, 0.1) is 10.4 Å². The van der Waals surface area contributed by atoms with Gasteiger partial charge in [-0.3, -0.25) is 4.79 Å². The smallest absolute Gasteiger partial charge is 0.224 e. The lowest BCUT2D eigenvalue weighted by Gasteiger charge is -2.10. The van der Waals surface area contributed by atoms with Crippen LogP contribution in [0.2, 0.25) is 5.02 Å². The Kier molecular flexibility index (Phi) is 4.33. The van der Waals surface area contributed by atoms with E-state index in [4.69, 9.17) is 11.6 Å². The molecule has 0 amide bonds. The minimum Gasteiger partial charge on any atom is -0.360 e. The monoisotopic (exact) mass is 345 g/mol. The summed E-state index contributed by atoms with van der Waals surface area (Å²) in [7, 11) is 3.84. The van der Waals surface area contributed by atoms with Gasteiger partial charge in [-0.25, -0.2) is 4.52 Å². The molecule has 0 saturated heterocycles. The quantitative estimate of drug-likeness (QED) is 0.663. The highest BCUT2D eigenvalue weighted by Gasteiger charge is 2.19. The number of benzene rings is 1. The molecule has 4 nitrogen and oxygen atoms in total. The lowest BCUT2D eigenvalue weighted by atomic mass is 10.2. The molecule has 0 radical (unpaired) electrons. The van der Waals surface area contributed by atoms with Crippen LogP contribution >= 0.6 is 23.4 Å². The van der Waals surface area contributed by atoms with E-state index in [0.29, 0.717) is 10.6 Å². The Morgan fingerprint density at radius 3 is 2.57 bits per heavy atom. The van der Waals surface area contributed by atoms with Gasteiger partial charge in [0.25, 0.3) is 0 Å². The van der Waals surface area contributed by atoms with Gasteiger partial charge in [-0.1, -0.05) is 11.6 Å². The minimum absolute atomic E-state index is 0.0267. The molecule has 0 unspecified atom stereocenters. The number of hydrogen-bond donors (Lipinski definition) is 0. The zero-order valence-electron chi connectivity index (χ0n) is 13.1. The second-order valence-corrected chi connectivity index (χ2v) is 6.90. The van der Waals surface area contributed by atoms with E-state index in [1.807, 2.05) is 44.2 Å². The number of thioether (sulfide) groups is 1. The number of aromatic nitrogens is 2. The lowest BCUT2D eigenvalue weighted by Crippen LogP contribution is -2.10. The van der Waals surface area contributed by atoms with E-state index < -0.39 is 0 Å². The molecular weight excluding hydrogens is 330 g/mol. The summed E-state index contributed by atoms with van der Waals surface area (Å²) in [6.45, 7) is 2.03. The standard InChI is InChI=1S/C17H16ClN3OS/c1-11-8-9-21-14(10-11)15(16(19-21)20(2)3)23-17(22)12-4-6-13(18)7-5-12/h4-10H,1-3H3. The van der Waals surface area contributed by atoms with Gasteiger partial charge in [-0.2, -0.15) is 0 Å². The van der Waals surface area contributed by atoms with Crippen LogP contribution in [0.3, 0.4) is 0 Å². The Balaban J connectivity index is 2.04. The summed E-state index contributed by atoms with van der Waals surface area (Å²) in [5.41, 5.74) is 2.68. The third-order valence-electron chi connectivity index (χ3n) is 3.43. The number of anilines is 1. The molecule has 2 heterocycles. The molecule has 0 N–H and O–H groups in total. The SMILES string of the molecule is Cc1ccn2nc(N(C)C)c(SC(=O)c3ccc(Cl)cc3)c2c1. The van der Waals surface area contributed by atoms with Crippen molar-refractivity contribution in [2.45, 2.75) is 11.8 Å². The molecule has 6 heteroatoms. The average Bonchev–Trinajstić information content (AvgIpc) is 2.86. The second kappa shape index (κ2) is 6.26. The molecule has 3 rings (SSSR count). The number of nitrogens with zero attached hydrogens (tertiary/aromatic N) is 3. The third kappa shape index (κ3) is 3.21. The number of carbonyl (C=O) groups is 1. The number of fused-ring (bicyclic) bond motifs is 1. The van der Waals surface area contributed by atoms with Gasteiger partial charge in [0.15, 0.2) is 5.82 Å². The van der Waals surface area contributed by atoms with Gasteiger partial charge >= 0.3 is 0 Å². The molecule has 0 spiro atoms. The van der Waals surface area contributed by atoms with Crippen LogP contribution < -0.4 is 4.90 Å². The maximum absolute atomic E-state index is 12.6. The van der Waals surface area contributed by atoms with E-state index in [-0.39, 0.29) is 5.12 Å². The summed E-state index contributed by atoms with van der Waals surface area (Å²) in [6, 6.07) is 11.0. The van der Waals surface area contributed by atoms with Crippen molar-refractivity contribution in [2.24, 2.45) is 0 Å². The van der Waals surface area contributed by atoms with Crippen LogP contribution in [0.5, 0.6) is 0 Å². The summed E-state index contributed by atoms with van der Waals surface area (Å²) < 4.78 is 1.81. The van der Waals surface area contributed by atoms with Crippen LogP contribution in [-0.2, 0) is 0 Å². The predicted octanol–water partition coefficient (Wildman–Crippen LogP) is 4.29. The molecule has 3 aromatic rings. The molecule has 0 saturated carbocycles. The fourth-order valence-electron chi connectivity index (χ4n) is 2.25. The van der Waals surface area contributed by atoms with Crippen LogP contribution in [0.1, 0.15) is 15.9 Å². The van der Waals surface area contributed by atoms with Crippen LogP contribution in [0.25, 0.3) is 5.52 Å². The van der Waals surface area contributed by atoms with Crippen LogP contribution in [0, 0.1) is 6.92 Å². The van der Waals surface area contributed by atoms with Crippen LogP contribution in [-0.4, -0.2) is 28.8 Å². The van der Waals surface area contributed by atoms with Crippen molar-refractivity contribution in [1.82, 2.24) is 9.61 Å². The lowest BCUT2D eigenvalue weighted by molar-refractivity contribution is 0.108. The molecule has 118 valence electrons. The molecule has 23 heavy (non-hydrogen) atoms. The Labute approximate surface area is 144 Å². The van der Waals surface area contributed by atoms with Crippen molar-refractivity contribution >= 4 is 39.8 Å². The van der Waals surface area contributed by atoms with Gasteiger partial charge in [-0.05, 0) is 60.6 Å². The second-order valence-electron chi connectivity index (χ2n) is 5.48. The normalized spacial score (nSPS) is 11.0. The van der Waals surface area contributed by atoms with Crippen molar-refractivity contribution in [3.63, 3.8) is 0 Å². The summed E-state index contributed by atoms with van der Waals surface area (Å²) in [6.07, 6.45) is 1.91. The van der Waals surface area contributed by atoms with Crippen molar-refractivity contribution in [1.29, 1.82) is 0 Å². The summed E-state index contributed by atoms with van der Waals surface area (Å²) in [5, 5.41) is 5.15. The molecule has 0 atom stereocenters. The molecule has 0 bridgehead atoms. The van der Waals surface area contributed by atoms with Crippen molar-refractivity contribution in [3.8, 4) is 0 Å². The molecule has 1 aromatic carbocycles. The van der Waals surface area contributed by atoms with E-state index >= 15 is 0 Å². The Morgan fingerprint density at radius 1 is 1.22 bits per heavy atom. The Hall–Kier alpha value is -1.98. The average molecular weight is 346 g/mol. The zero-order chi connectivity index (χ0) is 16.6. The first-order valence-electron chi connectivity index (χ1n) is 7.10. The Morgan fingerprint density at radius 2 is 1.91 bits per heavy atom. The number of aryl methyl sites for hydroxylation is 1. The molecule has 0 aliphatic heterocycles. The van der Waals surface area contributed by atoms with Gasteiger partial charge in [0.1, 0.15) is 0 Å². The van der Waals surface area contributed by atoms with Crippen molar-refractivity contribution in [3.05, 3.63) is 58.7 Å². The molecule has 0 fully saturated rings. The van der Waals surface area contributed by atoms with E-state index in [1.165, 1.54) is 11.8 Å². The molecular formula is C17H16ClN3OS. The topological polar surface area (TPSA) is 37.6 Å². The first-order valence-corrected chi connectivity index (χ1v) is 8.29. The number of pyridine rings is 1. The summed E-state index contributed by atoms with van der Waals surface area (Å²) in [4.78, 5) is 15.4. The summed E-state index contributed by atoms with van der Waals surface area (Å²) >= 11 is 7.08. The number of carbonyl (C=O) groups excluding carboxylic acids is 1. The van der Waals surface area contributed by atoms with Gasteiger partial charge in [0, 0.05) is 30.9 Å². The first kappa shape index (κ1) is 15.9.